The van der Waals surface area contributed by atoms with Gasteiger partial charge in [0.25, 0.3) is 0 Å². The third-order valence-electron chi connectivity index (χ3n) is 5.00. The van der Waals surface area contributed by atoms with Gasteiger partial charge in [0, 0.05) is 24.0 Å². The first-order chi connectivity index (χ1) is 12.5. The van der Waals surface area contributed by atoms with Crippen molar-refractivity contribution >= 4 is 22.8 Å². The van der Waals surface area contributed by atoms with E-state index in [4.69, 9.17) is 11.5 Å². The fraction of sp³-hybridized carbons (Fsp3) is 0.333. The lowest BCUT2D eigenvalue weighted by Crippen LogP contribution is -2.26. The molecule has 0 amide bonds. The van der Waals surface area contributed by atoms with Gasteiger partial charge in [0.2, 0.25) is 0 Å². The molecule has 0 bridgehead atoms. The third kappa shape index (κ3) is 2.86. The predicted octanol–water partition coefficient (Wildman–Crippen LogP) is 3.32. The molecule has 136 valence electrons. The first kappa shape index (κ1) is 16.7. The van der Waals surface area contributed by atoms with Crippen LogP contribution < -0.4 is 16.8 Å². The van der Waals surface area contributed by atoms with E-state index in [0.29, 0.717) is 17.2 Å². The highest BCUT2D eigenvalue weighted by atomic mass is 19.2. The lowest BCUT2D eigenvalue weighted by atomic mass is 9.81. The van der Waals surface area contributed by atoms with Crippen molar-refractivity contribution in [1.82, 2.24) is 14.6 Å². The quantitative estimate of drug-likeness (QED) is 0.668. The number of benzene rings is 1. The van der Waals surface area contributed by atoms with E-state index in [1.54, 1.807) is 12.4 Å². The molecule has 4 rings (SSSR count). The second kappa shape index (κ2) is 6.53. The van der Waals surface area contributed by atoms with Gasteiger partial charge in [-0.25, -0.2) is 18.3 Å². The number of halogens is 2. The number of nitrogens with one attached hydrogen (secondary N) is 1. The number of anilines is 3. The number of aromatic nitrogens is 3. The summed E-state index contributed by atoms with van der Waals surface area (Å²) in [6.45, 7) is 0. The van der Waals surface area contributed by atoms with Crippen molar-refractivity contribution in [2.45, 2.75) is 37.6 Å². The second-order valence-electron chi connectivity index (χ2n) is 6.71. The van der Waals surface area contributed by atoms with Crippen LogP contribution in [0.2, 0.25) is 0 Å². The van der Waals surface area contributed by atoms with E-state index in [0.717, 1.165) is 37.3 Å². The molecule has 0 aliphatic heterocycles. The molecule has 1 aromatic carbocycles. The van der Waals surface area contributed by atoms with Crippen LogP contribution in [0.4, 0.5) is 26.0 Å². The van der Waals surface area contributed by atoms with Gasteiger partial charge in [-0.05, 0) is 43.7 Å². The molecule has 6 nitrogen and oxygen atoms in total. The summed E-state index contributed by atoms with van der Waals surface area (Å²) in [5.41, 5.74) is 14.2. The monoisotopic (exact) mass is 358 g/mol. The molecule has 0 radical (unpaired) electrons. The van der Waals surface area contributed by atoms with E-state index in [1.165, 1.54) is 16.6 Å². The Morgan fingerprint density at radius 1 is 1.15 bits per heavy atom. The lowest BCUT2D eigenvalue weighted by Gasteiger charge is -2.28. The summed E-state index contributed by atoms with van der Waals surface area (Å²) in [5, 5.41) is 7.38. The lowest BCUT2D eigenvalue weighted by molar-refractivity contribution is 0.396. The number of rotatable bonds is 3. The van der Waals surface area contributed by atoms with Crippen molar-refractivity contribution in [2.24, 2.45) is 5.73 Å². The molecule has 0 unspecified atom stereocenters. The van der Waals surface area contributed by atoms with Crippen LogP contribution in [0.3, 0.4) is 0 Å². The molecule has 26 heavy (non-hydrogen) atoms. The van der Waals surface area contributed by atoms with Crippen molar-refractivity contribution in [1.29, 1.82) is 0 Å². The summed E-state index contributed by atoms with van der Waals surface area (Å²) < 4.78 is 29.4. The van der Waals surface area contributed by atoms with Crippen LogP contribution >= 0.6 is 0 Å². The molecule has 1 fully saturated rings. The van der Waals surface area contributed by atoms with Gasteiger partial charge in [0.1, 0.15) is 5.82 Å². The van der Waals surface area contributed by atoms with Crippen molar-refractivity contribution < 1.29 is 8.78 Å². The highest BCUT2D eigenvalue weighted by Crippen LogP contribution is 2.41. The molecule has 8 heteroatoms. The summed E-state index contributed by atoms with van der Waals surface area (Å²) in [7, 11) is 0. The zero-order chi connectivity index (χ0) is 18.3. The van der Waals surface area contributed by atoms with Crippen LogP contribution in [0.25, 0.3) is 5.65 Å². The van der Waals surface area contributed by atoms with Gasteiger partial charge in [-0.2, -0.15) is 0 Å². The Hall–Kier alpha value is -2.74. The van der Waals surface area contributed by atoms with Crippen LogP contribution in [0.5, 0.6) is 0 Å². The smallest absolute Gasteiger partial charge is 0.182 e. The maximum absolute atomic E-state index is 14.2. The summed E-state index contributed by atoms with van der Waals surface area (Å²) >= 11 is 0. The molecule has 5 N–H and O–H groups in total. The van der Waals surface area contributed by atoms with Crippen LogP contribution in [-0.2, 0) is 0 Å². The van der Waals surface area contributed by atoms with Crippen molar-refractivity contribution in [3.05, 3.63) is 47.8 Å². The van der Waals surface area contributed by atoms with Crippen molar-refractivity contribution in [2.75, 3.05) is 11.1 Å². The van der Waals surface area contributed by atoms with Crippen LogP contribution in [0.1, 0.15) is 37.2 Å². The number of nitrogens with two attached hydrogens (primary N) is 2. The Bertz CT molecular complexity index is 946. The Morgan fingerprint density at radius 3 is 2.69 bits per heavy atom. The maximum Gasteiger partial charge on any atom is 0.182 e. The molecule has 2 aromatic heterocycles. The van der Waals surface area contributed by atoms with Gasteiger partial charge in [-0.1, -0.05) is 6.07 Å². The van der Waals surface area contributed by atoms with Gasteiger partial charge in [0.15, 0.2) is 17.3 Å². The highest BCUT2D eigenvalue weighted by Gasteiger charge is 2.27. The predicted molar refractivity (Wildman–Crippen MR) is 96.2 cm³/mol. The summed E-state index contributed by atoms with van der Waals surface area (Å²) in [4.78, 5) is 4.32. The summed E-state index contributed by atoms with van der Waals surface area (Å²) in [6, 6.07) is 4.20. The van der Waals surface area contributed by atoms with Gasteiger partial charge in [-0.3, -0.25) is 0 Å². The molecule has 0 atom stereocenters. The molecule has 1 saturated carbocycles. The van der Waals surface area contributed by atoms with Crippen LogP contribution in [0.15, 0.2) is 30.6 Å². The van der Waals surface area contributed by atoms with E-state index >= 15 is 0 Å². The molecule has 1 aliphatic carbocycles. The minimum atomic E-state index is -0.941. The number of hydrogen-bond donors (Lipinski definition) is 3. The normalized spacial score (nSPS) is 20.4. The number of imidazole rings is 1. The van der Waals surface area contributed by atoms with Gasteiger partial charge in [0.05, 0.1) is 11.4 Å². The Labute approximate surface area is 149 Å². The zero-order valence-electron chi connectivity index (χ0n) is 14.1. The Balaban J connectivity index is 1.84. The number of nitrogens with zero attached hydrogens (tertiary/aromatic N) is 3. The Kier molecular flexibility index (Phi) is 4.20. The van der Waals surface area contributed by atoms with E-state index in [-0.39, 0.29) is 17.6 Å². The van der Waals surface area contributed by atoms with E-state index in [9.17, 15) is 8.78 Å². The fourth-order valence-electron chi connectivity index (χ4n) is 3.65. The van der Waals surface area contributed by atoms with E-state index in [1.807, 2.05) is 0 Å². The van der Waals surface area contributed by atoms with Gasteiger partial charge < -0.3 is 16.8 Å². The molecule has 2 heterocycles. The average molecular weight is 358 g/mol. The van der Waals surface area contributed by atoms with Gasteiger partial charge >= 0.3 is 0 Å². The minimum Gasteiger partial charge on any atom is -0.382 e. The minimum absolute atomic E-state index is 0.0364. The summed E-state index contributed by atoms with van der Waals surface area (Å²) in [5.74, 6) is -1.36. The number of fused-ring (bicyclic) bond motifs is 1. The topological polar surface area (TPSA) is 94.3 Å². The van der Waals surface area contributed by atoms with E-state index < -0.39 is 11.6 Å². The number of nitrogen functional groups attached to an aromatic ring is 1. The average Bonchev–Trinajstić information content (AvgIpc) is 3.08. The SMILES string of the molecule is Nc1nn2ccnc2c(Nc2cccc(F)c2F)c1C1CCC(N)CC1. The standard InChI is InChI=1S/C18H20F2N6/c19-12-2-1-3-13(15(12)20)24-16-14(10-4-6-11(21)7-5-10)17(22)25-26-9-8-23-18(16)26/h1-3,8-11,24H,4-7,21H2,(H2,22,25). The van der Waals surface area contributed by atoms with Gasteiger partial charge in [-0.15, -0.1) is 5.10 Å². The molecule has 1 aliphatic rings. The highest BCUT2D eigenvalue weighted by molar-refractivity contribution is 5.80. The first-order valence-electron chi connectivity index (χ1n) is 8.64. The molecule has 0 spiro atoms. The second-order valence-corrected chi connectivity index (χ2v) is 6.71. The van der Waals surface area contributed by atoms with E-state index in [2.05, 4.69) is 15.4 Å². The summed E-state index contributed by atoms with van der Waals surface area (Å²) in [6.07, 6.45) is 6.76. The van der Waals surface area contributed by atoms with Crippen molar-refractivity contribution in [3.63, 3.8) is 0 Å². The first-order valence-corrected chi connectivity index (χ1v) is 8.64. The molecule has 0 saturated heterocycles. The largest absolute Gasteiger partial charge is 0.382 e. The third-order valence-corrected chi connectivity index (χ3v) is 5.00. The fourth-order valence-corrected chi connectivity index (χ4v) is 3.65. The zero-order valence-corrected chi connectivity index (χ0v) is 14.1. The van der Waals surface area contributed by atoms with Crippen LogP contribution in [-0.4, -0.2) is 20.6 Å². The van der Waals surface area contributed by atoms with Crippen LogP contribution in [0, 0.1) is 11.6 Å². The molecular weight excluding hydrogens is 338 g/mol. The Morgan fingerprint density at radius 2 is 1.92 bits per heavy atom. The molecule has 3 aromatic rings. The van der Waals surface area contributed by atoms with Crippen molar-refractivity contribution in [3.8, 4) is 0 Å². The number of hydrogen-bond acceptors (Lipinski definition) is 5. The molecular formula is C18H20F2N6. The maximum atomic E-state index is 14.2.